The van der Waals surface area contributed by atoms with Crippen molar-refractivity contribution >= 4 is 17.5 Å². The SMILES string of the molecule is COC(=O)c1cc(CC(=O)CCCCCN)cc(CC(=O)CCCCCN)c1. The van der Waals surface area contributed by atoms with Crippen molar-refractivity contribution in [3.8, 4) is 0 Å². The molecule has 6 nitrogen and oxygen atoms in total. The zero-order chi connectivity index (χ0) is 20.8. The van der Waals surface area contributed by atoms with Crippen molar-refractivity contribution in [1.82, 2.24) is 0 Å². The van der Waals surface area contributed by atoms with Crippen LogP contribution in [0.5, 0.6) is 0 Å². The molecule has 4 N–H and O–H groups in total. The predicted octanol–water partition coefficient (Wildman–Crippen LogP) is 2.73. The van der Waals surface area contributed by atoms with Crippen molar-refractivity contribution in [2.75, 3.05) is 20.2 Å². The molecule has 0 fully saturated rings. The number of rotatable bonds is 15. The van der Waals surface area contributed by atoms with Gasteiger partial charge in [0.1, 0.15) is 11.6 Å². The molecule has 1 aromatic rings. The van der Waals surface area contributed by atoms with E-state index in [1.54, 1.807) is 12.1 Å². The third-order valence-electron chi connectivity index (χ3n) is 4.60. The number of Topliss-reactive ketones (excluding diaryl/α,β-unsaturated/α-hetero) is 2. The van der Waals surface area contributed by atoms with Crippen molar-refractivity contribution in [1.29, 1.82) is 0 Å². The molecule has 0 aliphatic carbocycles. The molecule has 6 heteroatoms. The van der Waals surface area contributed by atoms with Gasteiger partial charge in [-0.1, -0.05) is 18.9 Å². The Labute approximate surface area is 168 Å². The van der Waals surface area contributed by atoms with Crippen molar-refractivity contribution < 1.29 is 19.1 Å². The van der Waals surface area contributed by atoms with Gasteiger partial charge in [0.15, 0.2) is 0 Å². The highest BCUT2D eigenvalue weighted by Crippen LogP contribution is 2.16. The number of ketones is 2. The Hall–Kier alpha value is -2.05. The molecule has 1 aromatic carbocycles. The Morgan fingerprint density at radius 2 is 1.21 bits per heavy atom. The van der Waals surface area contributed by atoms with E-state index < -0.39 is 5.97 Å². The number of carbonyl (C=O) groups is 3. The molecule has 0 amide bonds. The largest absolute Gasteiger partial charge is 0.465 e. The second kappa shape index (κ2) is 14.0. The van der Waals surface area contributed by atoms with Crippen LogP contribution in [0.4, 0.5) is 0 Å². The standard InChI is InChI=1S/C22H34N2O4/c1-28-22(27)19-13-17(15-20(25)8-4-2-6-10-23)12-18(14-19)16-21(26)9-5-3-7-11-24/h12-14H,2-11,15-16,23-24H2,1H3. The van der Waals surface area contributed by atoms with Crippen molar-refractivity contribution in [2.24, 2.45) is 11.5 Å². The monoisotopic (exact) mass is 390 g/mol. The lowest BCUT2D eigenvalue weighted by Gasteiger charge is -2.09. The second-order valence-corrected chi connectivity index (χ2v) is 7.16. The van der Waals surface area contributed by atoms with Gasteiger partial charge in [-0.05, 0) is 62.0 Å². The molecule has 0 bridgehead atoms. The van der Waals surface area contributed by atoms with Gasteiger partial charge < -0.3 is 16.2 Å². The van der Waals surface area contributed by atoms with E-state index in [4.69, 9.17) is 16.2 Å². The van der Waals surface area contributed by atoms with Crippen LogP contribution in [0, 0.1) is 0 Å². The molecule has 0 aromatic heterocycles. The minimum Gasteiger partial charge on any atom is -0.465 e. The van der Waals surface area contributed by atoms with Gasteiger partial charge in [0.25, 0.3) is 0 Å². The van der Waals surface area contributed by atoms with Crippen molar-refractivity contribution in [3.63, 3.8) is 0 Å². The highest BCUT2D eigenvalue weighted by atomic mass is 16.5. The van der Waals surface area contributed by atoms with Gasteiger partial charge in [-0.15, -0.1) is 0 Å². The Balaban J connectivity index is 2.75. The Morgan fingerprint density at radius 3 is 1.61 bits per heavy atom. The van der Waals surface area contributed by atoms with Crippen LogP contribution in [0.3, 0.4) is 0 Å². The molecule has 0 unspecified atom stereocenters. The minimum atomic E-state index is -0.464. The first-order chi connectivity index (χ1) is 13.5. The summed E-state index contributed by atoms with van der Waals surface area (Å²) < 4.78 is 4.81. The van der Waals surface area contributed by atoms with Gasteiger partial charge in [-0.2, -0.15) is 0 Å². The third kappa shape index (κ3) is 9.76. The molecule has 0 atom stereocenters. The molecule has 156 valence electrons. The summed E-state index contributed by atoms with van der Waals surface area (Å²) in [4.78, 5) is 36.4. The van der Waals surface area contributed by atoms with E-state index in [0.717, 1.165) is 49.7 Å². The van der Waals surface area contributed by atoms with E-state index in [0.29, 0.717) is 31.5 Å². The average molecular weight is 391 g/mol. The fraction of sp³-hybridized carbons (Fsp3) is 0.591. The van der Waals surface area contributed by atoms with Crippen molar-refractivity contribution in [3.05, 3.63) is 34.9 Å². The Morgan fingerprint density at radius 1 is 0.750 bits per heavy atom. The van der Waals surface area contributed by atoms with Crippen LogP contribution in [0.2, 0.25) is 0 Å². The summed E-state index contributed by atoms with van der Waals surface area (Å²) in [6, 6.07) is 5.21. The average Bonchev–Trinajstić information content (AvgIpc) is 2.67. The molecule has 28 heavy (non-hydrogen) atoms. The second-order valence-electron chi connectivity index (χ2n) is 7.16. The fourth-order valence-electron chi connectivity index (χ4n) is 3.12. The lowest BCUT2D eigenvalue weighted by atomic mass is 9.96. The summed E-state index contributed by atoms with van der Waals surface area (Å²) in [6.07, 6.45) is 6.86. The van der Waals surface area contributed by atoms with E-state index in [9.17, 15) is 14.4 Å². The topological polar surface area (TPSA) is 112 Å². The maximum absolute atomic E-state index is 12.2. The molecule has 0 aliphatic rings. The van der Waals surface area contributed by atoms with Crippen LogP contribution in [0.25, 0.3) is 0 Å². The zero-order valence-corrected chi connectivity index (χ0v) is 17.0. The van der Waals surface area contributed by atoms with Gasteiger partial charge in [-0.3, -0.25) is 9.59 Å². The molecule has 0 aliphatic heterocycles. The first-order valence-electron chi connectivity index (χ1n) is 10.1. The molecule has 0 saturated heterocycles. The third-order valence-corrected chi connectivity index (χ3v) is 4.60. The molecular weight excluding hydrogens is 356 g/mol. The number of carbonyl (C=O) groups excluding carboxylic acids is 3. The smallest absolute Gasteiger partial charge is 0.337 e. The van der Waals surface area contributed by atoms with E-state index in [-0.39, 0.29) is 24.4 Å². The van der Waals surface area contributed by atoms with Crippen LogP contribution in [-0.4, -0.2) is 37.7 Å². The number of unbranched alkanes of at least 4 members (excludes halogenated alkanes) is 4. The number of benzene rings is 1. The molecule has 0 radical (unpaired) electrons. The Kier molecular flexibility index (Phi) is 12.0. The highest BCUT2D eigenvalue weighted by Gasteiger charge is 2.13. The molecule has 1 rings (SSSR count). The van der Waals surface area contributed by atoms with Gasteiger partial charge in [0.05, 0.1) is 12.7 Å². The number of methoxy groups -OCH3 is 1. The normalized spacial score (nSPS) is 10.7. The summed E-state index contributed by atoms with van der Waals surface area (Å²) in [5.74, 6) is -0.218. The fourth-order valence-corrected chi connectivity index (χ4v) is 3.12. The zero-order valence-electron chi connectivity index (χ0n) is 17.0. The number of ether oxygens (including phenoxy) is 1. The van der Waals surface area contributed by atoms with E-state index in [1.165, 1.54) is 7.11 Å². The number of hydrogen-bond donors (Lipinski definition) is 2. The summed E-state index contributed by atoms with van der Waals surface area (Å²) in [5.41, 5.74) is 12.8. The maximum atomic E-state index is 12.2. The summed E-state index contributed by atoms with van der Waals surface area (Å²) in [6.45, 7) is 1.28. The molecular formula is C22H34N2O4. The molecule has 0 spiro atoms. The van der Waals surface area contributed by atoms with E-state index >= 15 is 0 Å². The summed E-state index contributed by atoms with van der Waals surface area (Å²) in [5, 5.41) is 0. The minimum absolute atomic E-state index is 0.123. The van der Waals surface area contributed by atoms with E-state index in [2.05, 4.69) is 0 Å². The van der Waals surface area contributed by atoms with Crippen LogP contribution in [0.1, 0.15) is 72.9 Å². The van der Waals surface area contributed by atoms with Crippen LogP contribution >= 0.6 is 0 Å². The molecule has 0 saturated carbocycles. The van der Waals surface area contributed by atoms with Gasteiger partial charge >= 0.3 is 5.97 Å². The van der Waals surface area contributed by atoms with Crippen molar-refractivity contribution in [2.45, 2.75) is 64.2 Å². The lowest BCUT2D eigenvalue weighted by molar-refractivity contribution is -0.119. The van der Waals surface area contributed by atoms with Gasteiger partial charge in [-0.25, -0.2) is 4.79 Å². The highest BCUT2D eigenvalue weighted by molar-refractivity contribution is 5.91. The number of esters is 1. The first kappa shape index (κ1) is 24.0. The van der Waals surface area contributed by atoms with Crippen LogP contribution in [0.15, 0.2) is 18.2 Å². The maximum Gasteiger partial charge on any atom is 0.337 e. The predicted molar refractivity (Wildman–Crippen MR) is 110 cm³/mol. The Bertz CT molecular complexity index is 599. The van der Waals surface area contributed by atoms with Crippen LogP contribution < -0.4 is 11.5 Å². The van der Waals surface area contributed by atoms with E-state index in [1.807, 2.05) is 6.07 Å². The summed E-state index contributed by atoms with van der Waals surface area (Å²) in [7, 11) is 1.32. The van der Waals surface area contributed by atoms with Gasteiger partial charge in [0, 0.05) is 25.7 Å². The summed E-state index contributed by atoms with van der Waals surface area (Å²) >= 11 is 0. The lowest BCUT2D eigenvalue weighted by Crippen LogP contribution is -2.09. The van der Waals surface area contributed by atoms with Gasteiger partial charge in [0.2, 0.25) is 0 Å². The van der Waals surface area contributed by atoms with Crippen LogP contribution in [-0.2, 0) is 27.2 Å². The molecule has 0 heterocycles. The number of hydrogen-bond acceptors (Lipinski definition) is 6. The first-order valence-corrected chi connectivity index (χ1v) is 10.1. The number of nitrogens with two attached hydrogens (primary N) is 2. The quantitative estimate of drug-likeness (QED) is 0.352.